The van der Waals surface area contributed by atoms with Crippen molar-refractivity contribution in [1.29, 1.82) is 0 Å². The highest BCUT2D eigenvalue weighted by atomic mass is 128. The van der Waals surface area contributed by atoms with Crippen LogP contribution in [0.5, 0.6) is 0 Å². The van der Waals surface area contributed by atoms with Crippen molar-refractivity contribution < 1.29 is 0 Å². The first-order valence-corrected chi connectivity index (χ1v) is 12.3. The highest BCUT2D eigenvalue weighted by Crippen LogP contribution is 2.24. The van der Waals surface area contributed by atoms with E-state index in [-0.39, 0.29) is 0 Å². The van der Waals surface area contributed by atoms with Crippen LogP contribution < -0.4 is 0 Å². The number of benzene rings is 2. The Balaban J connectivity index is 0.000000637. The fourth-order valence-electron chi connectivity index (χ4n) is 2.14. The number of H-pyrrole nitrogens is 1. The number of hydrogen-bond donors (Lipinski definition) is 1. The molecule has 0 aliphatic heterocycles. The minimum Gasteiger partial charge on any atom is -0.355 e. The van der Waals surface area contributed by atoms with Gasteiger partial charge in [0.1, 0.15) is 0 Å². The van der Waals surface area contributed by atoms with Gasteiger partial charge in [0, 0.05) is 53.8 Å². The van der Waals surface area contributed by atoms with E-state index in [0.717, 1.165) is 0 Å². The molecule has 0 unspecified atom stereocenters. The second-order valence-electron chi connectivity index (χ2n) is 4.64. The van der Waals surface area contributed by atoms with E-state index >= 15 is 0 Å². The maximum atomic E-state index is 3.46. The molecule has 0 aliphatic carbocycles. The summed E-state index contributed by atoms with van der Waals surface area (Å²) in [4.78, 5) is 3.46. The van der Waals surface area contributed by atoms with Gasteiger partial charge in [0.15, 0.2) is 0 Å². The molecule has 19 heavy (non-hydrogen) atoms. The Hall–Kier alpha value is -0.560. The number of aromatic nitrogens is 1. The minimum absolute atomic E-state index is 1.19. The van der Waals surface area contributed by atoms with Gasteiger partial charge in [-0.25, -0.2) is 0 Å². The molecule has 0 radical (unpaired) electrons. The predicted octanol–water partition coefficient (Wildman–Crippen LogP) is 6.22. The van der Waals surface area contributed by atoms with Crippen molar-refractivity contribution in [2.75, 3.05) is 0 Å². The molecule has 2 aromatic carbocycles. The standard InChI is InChI=1S/C16H15N.I2/c1-11-3-6-13(7-4-11)16-10-14-9-12(2)5-8-15(14)17-16;1-2/h3-10,17H,1-2H3;. The highest BCUT2D eigenvalue weighted by molar-refractivity contribution is 15.0. The molecule has 0 amide bonds. The average molecular weight is 475 g/mol. The third kappa shape index (κ3) is 3.51. The van der Waals surface area contributed by atoms with Crippen molar-refractivity contribution in [1.82, 2.24) is 4.98 Å². The fraction of sp³-hybridized carbons (Fsp3) is 0.125. The monoisotopic (exact) mass is 475 g/mol. The number of aromatic amines is 1. The van der Waals surface area contributed by atoms with Crippen molar-refractivity contribution in [2.24, 2.45) is 0 Å². The first-order valence-electron chi connectivity index (χ1n) is 6.03. The van der Waals surface area contributed by atoms with Gasteiger partial charge in [0.05, 0.1) is 0 Å². The second-order valence-corrected chi connectivity index (χ2v) is 4.64. The van der Waals surface area contributed by atoms with Crippen LogP contribution in [0.25, 0.3) is 22.2 Å². The van der Waals surface area contributed by atoms with E-state index in [9.17, 15) is 0 Å². The van der Waals surface area contributed by atoms with Gasteiger partial charge in [-0.3, -0.25) is 0 Å². The van der Waals surface area contributed by atoms with Crippen LogP contribution in [0.4, 0.5) is 0 Å². The summed E-state index contributed by atoms with van der Waals surface area (Å²) in [7, 11) is 0. The number of aryl methyl sites for hydroxylation is 2. The maximum absolute atomic E-state index is 3.46. The van der Waals surface area contributed by atoms with E-state index in [1.165, 1.54) is 33.3 Å². The Morgan fingerprint density at radius 1 is 0.789 bits per heavy atom. The van der Waals surface area contributed by atoms with Crippen LogP contribution in [0.2, 0.25) is 0 Å². The molecular formula is C16H15I2N. The summed E-state index contributed by atoms with van der Waals surface area (Å²) in [6, 6.07) is 17.3. The Morgan fingerprint density at radius 2 is 1.42 bits per heavy atom. The number of rotatable bonds is 1. The second kappa shape index (κ2) is 6.74. The molecule has 1 N–H and O–H groups in total. The molecule has 3 heteroatoms. The molecule has 1 aromatic heterocycles. The number of nitrogens with one attached hydrogen (secondary N) is 1. The SMILES string of the molecule is Cc1ccc(-c2cc3cc(C)ccc3[nH]2)cc1.II. The molecule has 0 saturated carbocycles. The van der Waals surface area contributed by atoms with E-state index in [4.69, 9.17) is 0 Å². The van der Waals surface area contributed by atoms with E-state index in [1.54, 1.807) is 0 Å². The zero-order valence-corrected chi connectivity index (χ0v) is 15.2. The van der Waals surface area contributed by atoms with Crippen LogP contribution in [-0.2, 0) is 0 Å². The smallest absolute Gasteiger partial charge is 0.0464 e. The third-order valence-corrected chi connectivity index (χ3v) is 3.14. The quantitative estimate of drug-likeness (QED) is 0.403. The molecule has 0 atom stereocenters. The molecule has 0 fully saturated rings. The van der Waals surface area contributed by atoms with Crippen molar-refractivity contribution in [3.8, 4) is 11.3 Å². The average Bonchev–Trinajstić information content (AvgIpc) is 2.84. The van der Waals surface area contributed by atoms with Crippen LogP contribution in [0.3, 0.4) is 0 Å². The minimum atomic E-state index is 1.19. The first-order chi connectivity index (χ1) is 9.22. The molecule has 0 aliphatic rings. The number of fused-ring (bicyclic) bond motifs is 1. The lowest BCUT2D eigenvalue weighted by atomic mass is 10.1. The number of hydrogen-bond acceptors (Lipinski definition) is 0. The van der Waals surface area contributed by atoms with Gasteiger partial charge in [-0.15, -0.1) is 0 Å². The molecule has 3 aromatic rings. The Kier molecular flexibility index (Phi) is 5.27. The van der Waals surface area contributed by atoms with Crippen LogP contribution in [-0.4, -0.2) is 4.98 Å². The van der Waals surface area contributed by atoms with Gasteiger partial charge >= 0.3 is 0 Å². The third-order valence-electron chi connectivity index (χ3n) is 3.14. The largest absolute Gasteiger partial charge is 0.355 e. The molecule has 0 spiro atoms. The molecule has 0 bridgehead atoms. The Bertz CT molecular complexity index is 669. The van der Waals surface area contributed by atoms with Gasteiger partial charge in [-0.05, 0) is 37.6 Å². The van der Waals surface area contributed by atoms with Crippen molar-refractivity contribution >= 4 is 48.1 Å². The Labute approximate surface area is 137 Å². The topological polar surface area (TPSA) is 15.8 Å². The zero-order valence-electron chi connectivity index (χ0n) is 10.9. The molecule has 1 heterocycles. The highest BCUT2D eigenvalue weighted by Gasteiger charge is 2.02. The van der Waals surface area contributed by atoms with Crippen molar-refractivity contribution in [3.63, 3.8) is 0 Å². The van der Waals surface area contributed by atoms with E-state index < -0.39 is 0 Å². The fourth-order valence-corrected chi connectivity index (χ4v) is 2.14. The predicted molar refractivity (Wildman–Crippen MR) is 101 cm³/mol. The summed E-state index contributed by atoms with van der Waals surface area (Å²) in [5.74, 6) is 0. The summed E-state index contributed by atoms with van der Waals surface area (Å²) in [5.41, 5.74) is 6.22. The van der Waals surface area contributed by atoms with Crippen LogP contribution in [0.15, 0.2) is 48.5 Å². The van der Waals surface area contributed by atoms with Gasteiger partial charge < -0.3 is 4.98 Å². The summed E-state index contributed by atoms with van der Waals surface area (Å²) < 4.78 is 0. The summed E-state index contributed by atoms with van der Waals surface area (Å²) in [5, 5.41) is 1.28. The normalized spacial score (nSPS) is 10.1. The molecule has 3 rings (SSSR count). The van der Waals surface area contributed by atoms with Crippen molar-refractivity contribution in [3.05, 3.63) is 59.7 Å². The van der Waals surface area contributed by atoms with E-state index in [2.05, 4.69) is 105 Å². The van der Waals surface area contributed by atoms with Gasteiger partial charge in [0.25, 0.3) is 0 Å². The van der Waals surface area contributed by atoms with E-state index in [0.29, 0.717) is 0 Å². The lowest BCUT2D eigenvalue weighted by Gasteiger charge is -1.97. The van der Waals surface area contributed by atoms with Crippen molar-refractivity contribution in [2.45, 2.75) is 13.8 Å². The first kappa shape index (κ1) is 14.8. The van der Waals surface area contributed by atoms with Crippen LogP contribution in [0.1, 0.15) is 11.1 Å². The zero-order chi connectivity index (χ0) is 13.8. The van der Waals surface area contributed by atoms with Gasteiger partial charge in [0.2, 0.25) is 0 Å². The molecule has 0 saturated heterocycles. The molecular weight excluding hydrogens is 460 g/mol. The lowest BCUT2D eigenvalue weighted by molar-refractivity contribution is 1.42. The summed E-state index contributed by atoms with van der Waals surface area (Å²) in [6.45, 7) is 4.23. The lowest BCUT2D eigenvalue weighted by Crippen LogP contribution is -1.77. The molecule has 98 valence electrons. The van der Waals surface area contributed by atoms with Gasteiger partial charge in [-0.1, -0.05) is 41.5 Å². The van der Waals surface area contributed by atoms with Crippen LogP contribution >= 0.6 is 37.2 Å². The Morgan fingerprint density at radius 3 is 2.11 bits per heavy atom. The van der Waals surface area contributed by atoms with Crippen LogP contribution in [0, 0.1) is 13.8 Å². The summed E-state index contributed by atoms with van der Waals surface area (Å²) in [6.07, 6.45) is 0. The maximum Gasteiger partial charge on any atom is 0.0464 e. The number of halogens is 2. The molecule has 1 nitrogen and oxygen atoms in total. The summed E-state index contributed by atoms with van der Waals surface area (Å²) >= 11 is 4.24. The van der Waals surface area contributed by atoms with Gasteiger partial charge in [-0.2, -0.15) is 0 Å². The van der Waals surface area contributed by atoms with E-state index in [1.807, 2.05) is 0 Å².